The van der Waals surface area contributed by atoms with E-state index >= 15 is 0 Å². The van der Waals surface area contributed by atoms with Gasteiger partial charge in [-0.15, -0.1) is 0 Å². The van der Waals surface area contributed by atoms with Crippen LogP contribution in [0.1, 0.15) is 17.0 Å². The summed E-state index contributed by atoms with van der Waals surface area (Å²) in [5, 5.41) is 0. The van der Waals surface area contributed by atoms with Crippen molar-refractivity contribution in [1.82, 2.24) is 9.97 Å². The van der Waals surface area contributed by atoms with Crippen molar-refractivity contribution in [3.05, 3.63) is 41.2 Å². The second-order valence-electron chi connectivity index (χ2n) is 4.21. The first-order chi connectivity index (χ1) is 8.63. The molecule has 0 spiro atoms. The minimum absolute atomic E-state index is 0.422. The Labute approximate surface area is 107 Å². The van der Waals surface area contributed by atoms with Crippen molar-refractivity contribution in [2.75, 3.05) is 7.11 Å². The van der Waals surface area contributed by atoms with Gasteiger partial charge in [-0.3, -0.25) is 0 Å². The van der Waals surface area contributed by atoms with Crippen LogP contribution in [0.15, 0.2) is 24.3 Å². The summed E-state index contributed by atoms with van der Waals surface area (Å²) in [5.41, 5.74) is 9.45. The van der Waals surface area contributed by atoms with Gasteiger partial charge in [0.2, 0.25) is 0 Å². The highest BCUT2D eigenvalue weighted by Gasteiger charge is 2.06. The molecule has 0 saturated carbocycles. The summed E-state index contributed by atoms with van der Waals surface area (Å²) < 4.78 is 5.24. The zero-order valence-electron chi connectivity index (χ0n) is 10.9. The SMILES string of the molecule is COc1ccc(-c2nc(C)cc(CN)n2)cc1C. The van der Waals surface area contributed by atoms with Crippen molar-refractivity contribution >= 4 is 0 Å². The van der Waals surface area contributed by atoms with E-state index in [0.29, 0.717) is 12.4 Å². The fourth-order valence-corrected chi connectivity index (χ4v) is 1.88. The maximum atomic E-state index is 5.63. The van der Waals surface area contributed by atoms with E-state index in [0.717, 1.165) is 28.3 Å². The molecule has 0 aliphatic rings. The normalized spacial score (nSPS) is 10.4. The first-order valence-corrected chi connectivity index (χ1v) is 5.83. The van der Waals surface area contributed by atoms with Gasteiger partial charge in [0.1, 0.15) is 5.75 Å². The van der Waals surface area contributed by atoms with Gasteiger partial charge in [0, 0.05) is 17.8 Å². The minimum Gasteiger partial charge on any atom is -0.496 e. The van der Waals surface area contributed by atoms with Gasteiger partial charge < -0.3 is 10.5 Å². The molecular weight excluding hydrogens is 226 g/mol. The molecule has 4 heteroatoms. The maximum absolute atomic E-state index is 5.63. The van der Waals surface area contributed by atoms with Crippen LogP contribution in [0.25, 0.3) is 11.4 Å². The molecule has 1 aromatic heterocycles. The third kappa shape index (κ3) is 2.49. The van der Waals surface area contributed by atoms with Gasteiger partial charge >= 0.3 is 0 Å². The van der Waals surface area contributed by atoms with Crippen LogP contribution in [0.4, 0.5) is 0 Å². The molecule has 0 atom stereocenters. The van der Waals surface area contributed by atoms with Gasteiger partial charge in [0.05, 0.1) is 12.8 Å². The second kappa shape index (κ2) is 5.14. The smallest absolute Gasteiger partial charge is 0.159 e. The van der Waals surface area contributed by atoms with Gasteiger partial charge in [-0.2, -0.15) is 0 Å². The van der Waals surface area contributed by atoms with Gasteiger partial charge in [0.25, 0.3) is 0 Å². The fourth-order valence-electron chi connectivity index (χ4n) is 1.88. The first-order valence-electron chi connectivity index (χ1n) is 5.83. The lowest BCUT2D eigenvalue weighted by atomic mass is 10.1. The highest BCUT2D eigenvalue weighted by molar-refractivity contribution is 5.58. The molecular formula is C14H17N3O. The van der Waals surface area contributed by atoms with E-state index in [9.17, 15) is 0 Å². The average molecular weight is 243 g/mol. The maximum Gasteiger partial charge on any atom is 0.159 e. The Morgan fingerprint density at radius 3 is 2.56 bits per heavy atom. The van der Waals surface area contributed by atoms with Crippen LogP contribution in [-0.2, 0) is 6.54 Å². The summed E-state index contributed by atoms with van der Waals surface area (Å²) in [6.07, 6.45) is 0. The number of nitrogens with two attached hydrogens (primary N) is 1. The van der Waals surface area contributed by atoms with E-state index in [2.05, 4.69) is 9.97 Å². The molecule has 1 heterocycles. The number of aryl methyl sites for hydroxylation is 2. The van der Waals surface area contributed by atoms with Crippen LogP contribution in [0.2, 0.25) is 0 Å². The summed E-state index contributed by atoms with van der Waals surface area (Å²) in [6, 6.07) is 7.81. The molecule has 2 aromatic rings. The number of hydrogen-bond donors (Lipinski definition) is 1. The zero-order valence-corrected chi connectivity index (χ0v) is 10.9. The molecule has 0 unspecified atom stereocenters. The molecule has 0 amide bonds. The fraction of sp³-hybridized carbons (Fsp3) is 0.286. The number of benzene rings is 1. The van der Waals surface area contributed by atoms with Crippen molar-refractivity contribution in [1.29, 1.82) is 0 Å². The molecule has 4 nitrogen and oxygen atoms in total. The van der Waals surface area contributed by atoms with Crippen molar-refractivity contribution in [2.24, 2.45) is 5.73 Å². The monoisotopic (exact) mass is 243 g/mol. The Morgan fingerprint density at radius 1 is 1.17 bits per heavy atom. The highest BCUT2D eigenvalue weighted by atomic mass is 16.5. The van der Waals surface area contributed by atoms with Crippen molar-refractivity contribution < 1.29 is 4.74 Å². The summed E-state index contributed by atoms with van der Waals surface area (Å²) in [4.78, 5) is 8.88. The molecule has 2 rings (SSSR count). The topological polar surface area (TPSA) is 61.0 Å². The minimum atomic E-state index is 0.422. The van der Waals surface area contributed by atoms with Gasteiger partial charge in [-0.1, -0.05) is 0 Å². The van der Waals surface area contributed by atoms with E-state index in [1.165, 1.54) is 0 Å². The molecule has 0 aliphatic heterocycles. The van der Waals surface area contributed by atoms with Crippen molar-refractivity contribution in [2.45, 2.75) is 20.4 Å². The predicted octanol–water partition coefficient (Wildman–Crippen LogP) is 2.23. The average Bonchev–Trinajstić information content (AvgIpc) is 2.37. The van der Waals surface area contributed by atoms with Gasteiger partial charge in [-0.05, 0) is 43.7 Å². The van der Waals surface area contributed by atoms with Crippen LogP contribution < -0.4 is 10.5 Å². The molecule has 2 N–H and O–H groups in total. The molecule has 1 aromatic carbocycles. The number of ether oxygens (including phenoxy) is 1. The highest BCUT2D eigenvalue weighted by Crippen LogP contribution is 2.24. The van der Waals surface area contributed by atoms with Crippen molar-refractivity contribution in [3.63, 3.8) is 0 Å². The van der Waals surface area contributed by atoms with E-state index < -0.39 is 0 Å². The van der Waals surface area contributed by atoms with E-state index in [1.54, 1.807) is 7.11 Å². The summed E-state index contributed by atoms with van der Waals surface area (Å²) in [6.45, 7) is 4.37. The Bertz CT molecular complexity index is 567. The molecule has 0 saturated heterocycles. The number of methoxy groups -OCH3 is 1. The second-order valence-corrected chi connectivity index (χ2v) is 4.21. The lowest BCUT2D eigenvalue weighted by molar-refractivity contribution is 0.412. The van der Waals surface area contributed by atoms with E-state index in [1.807, 2.05) is 38.1 Å². The number of aromatic nitrogens is 2. The molecule has 0 bridgehead atoms. The Hall–Kier alpha value is -1.94. The predicted molar refractivity (Wildman–Crippen MR) is 71.4 cm³/mol. The standard InChI is InChI=1S/C14H17N3O/c1-9-6-11(4-5-13(9)18-3)14-16-10(2)7-12(8-15)17-14/h4-7H,8,15H2,1-3H3. The molecule has 0 aliphatic carbocycles. The first kappa shape index (κ1) is 12.5. The molecule has 18 heavy (non-hydrogen) atoms. The molecule has 94 valence electrons. The summed E-state index contributed by atoms with van der Waals surface area (Å²) in [5.74, 6) is 1.58. The Morgan fingerprint density at radius 2 is 1.94 bits per heavy atom. The van der Waals surface area contributed by atoms with Crippen LogP contribution in [0.3, 0.4) is 0 Å². The zero-order chi connectivity index (χ0) is 13.1. The Kier molecular flexibility index (Phi) is 3.58. The third-order valence-electron chi connectivity index (χ3n) is 2.77. The van der Waals surface area contributed by atoms with Crippen LogP contribution >= 0.6 is 0 Å². The van der Waals surface area contributed by atoms with Crippen LogP contribution in [0.5, 0.6) is 5.75 Å². The van der Waals surface area contributed by atoms with Crippen molar-refractivity contribution in [3.8, 4) is 17.1 Å². The van der Waals surface area contributed by atoms with Crippen LogP contribution in [0, 0.1) is 13.8 Å². The lowest BCUT2D eigenvalue weighted by Crippen LogP contribution is -2.03. The number of nitrogens with zero attached hydrogens (tertiary/aromatic N) is 2. The lowest BCUT2D eigenvalue weighted by Gasteiger charge is -2.08. The van der Waals surface area contributed by atoms with Gasteiger partial charge in [0.15, 0.2) is 5.82 Å². The summed E-state index contributed by atoms with van der Waals surface area (Å²) >= 11 is 0. The quantitative estimate of drug-likeness (QED) is 0.898. The Balaban J connectivity index is 2.48. The summed E-state index contributed by atoms with van der Waals surface area (Å²) in [7, 11) is 1.66. The van der Waals surface area contributed by atoms with E-state index in [4.69, 9.17) is 10.5 Å². The van der Waals surface area contributed by atoms with Crippen LogP contribution in [-0.4, -0.2) is 17.1 Å². The number of rotatable bonds is 3. The molecule has 0 radical (unpaired) electrons. The number of hydrogen-bond acceptors (Lipinski definition) is 4. The molecule has 0 fully saturated rings. The third-order valence-corrected chi connectivity index (χ3v) is 2.77. The largest absolute Gasteiger partial charge is 0.496 e. The van der Waals surface area contributed by atoms with Gasteiger partial charge in [-0.25, -0.2) is 9.97 Å². The van der Waals surface area contributed by atoms with E-state index in [-0.39, 0.29) is 0 Å².